The van der Waals surface area contributed by atoms with Gasteiger partial charge in [0.05, 0.1) is 28.5 Å². The first kappa shape index (κ1) is 23.3. The Morgan fingerprint density at radius 1 is 1.15 bits per heavy atom. The highest BCUT2D eigenvalue weighted by atomic mass is 32.2. The molecule has 0 bridgehead atoms. The van der Waals surface area contributed by atoms with Crippen molar-refractivity contribution >= 4 is 20.9 Å². The van der Waals surface area contributed by atoms with Crippen LogP contribution in [0.4, 0.5) is 13.2 Å². The largest absolute Gasteiger partial charge is 0.335 e. The molecule has 1 aliphatic carbocycles. The van der Waals surface area contributed by atoms with Crippen LogP contribution in [0.15, 0.2) is 41.4 Å². The molecule has 1 aliphatic rings. The number of nitrogens with one attached hydrogen (secondary N) is 1. The van der Waals surface area contributed by atoms with Crippen molar-refractivity contribution in [3.63, 3.8) is 0 Å². The molecule has 174 valence electrons. The van der Waals surface area contributed by atoms with Gasteiger partial charge in [-0.1, -0.05) is 19.3 Å². The number of hydrogen-bond donors (Lipinski definition) is 1. The molecule has 6 nitrogen and oxygen atoms in total. The molecule has 0 radical (unpaired) electrons. The summed E-state index contributed by atoms with van der Waals surface area (Å²) in [6, 6.07) is 7.87. The van der Waals surface area contributed by atoms with Gasteiger partial charge in [0.15, 0.2) is 0 Å². The van der Waals surface area contributed by atoms with Crippen molar-refractivity contribution < 1.29 is 21.6 Å². The second kappa shape index (κ2) is 9.53. The predicted octanol–water partition coefficient (Wildman–Crippen LogP) is 4.81. The number of sulfonamides is 1. The Labute approximate surface area is 190 Å². The summed E-state index contributed by atoms with van der Waals surface area (Å²) < 4.78 is 68.4. The number of fused-ring (bicyclic) bond motifs is 1. The molecule has 1 N–H and O–H groups in total. The van der Waals surface area contributed by atoms with Crippen molar-refractivity contribution in [2.24, 2.45) is 0 Å². The van der Waals surface area contributed by atoms with Crippen LogP contribution in [0.1, 0.15) is 43.7 Å². The van der Waals surface area contributed by atoms with E-state index in [0.29, 0.717) is 16.8 Å². The van der Waals surface area contributed by atoms with Gasteiger partial charge in [0.25, 0.3) is 0 Å². The molecular formula is C23H23F3N4O2S. The summed E-state index contributed by atoms with van der Waals surface area (Å²) in [5.74, 6) is -0.456. The first-order valence-electron chi connectivity index (χ1n) is 10.7. The van der Waals surface area contributed by atoms with Gasteiger partial charge < -0.3 is 4.57 Å². The van der Waals surface area contributed by atoms with E-state index in [1.807, 2.05) is 9.29 Å². The van der Waals surface area contributed by atoms with E-state index in [2.05, 4.69) is 11.1 Å². The maximum absolute atomic E-state index is 14.0. The minimum Gasteiger partial charge on any atom is -0.335 e. The third-order valence-corrected chi connectivity index (χ3v) is 7.51. The van der Waals surface area contributed by atoms with Crippen LogP contribution < -0.4 is 4.72 Å². The molecule has 4 rings (SSSR count). The summed E-state index contributed by atoms with van der Waals surface area (Å²) in [7, 11) is -4.17. The first-order valence-corrected chi connectivity index (χ1v) is 12.2. The Kier molecular flexibility index (Phi) is 6.72. The number of rotatable bonds is 7. The molecule has 2 heterocycles. The lowest BCUT2D eigenvalue weighted by Gasteiger charge is -2.26. The van der Waals surface area contributed by atoms with E-state index in [9.17, 15) is 26.9 Å². The van der Waals surface area contributed by atoms with Gasteiger partial charge in [-0.05, 0) is 43.2 Å². The predicted molar refractivity (Wildman–Crippen MR) is 118 cm³/mol. The van der Waals surface area contributed by atoms with Gasteiger partial charge >= 0.3 is 0 Å². The molecular weight excluding hydrogens is 453 g/mol. The second-order valence-electron chi connectivity index (χ2n) is 8.16. The molecule has 1 fully saturated rings. The summed E-state index contributed by atoms with van der Waals surface area (Å²) in [5.41, 5.74) is 1.86. The van der Waals surface area contributed by atoms with E-state index in [1.54, 1.807) is 6.07 Å². The van der Waals surface area contributed by atoms with E-state index >= 15 is 0 Å². The lowest BCUT2D eigenvalue weighted by molar-refractivity contribution is 0.334. The van der Waals surface area contributed by atoms with Crippen molar-refractivity contribution in [2.75, 3.05) is 13.3 Å². The van der Waals surface area contributed by atoms with Gasteiger partial charge in [-0.25, -0.2) is 26.3 Å². The van der Waals surface area contributed by atoms with Crippen molar-refractivity contribution in [1.82, 2.24) is 14.3 Å². The molecule has 2 aromatic heterocycles. The molecule has 1 saturated carbocycles. The maximum atomic E-state index is 14.0. The van der Waals surface area contributed by atoms with E-state index in [1.165, 1.54) is 24.3 Å². The van der Waals surface area contributed by atoms with Crippen LogP contribution in [0, 0.1) is 17.1 Å². The zero-order valence-electron chi connectivity index (χ0n) is 17.8. The van der Waals surface area contributed by atoms with Crippen molar-refractivity contribution in [3.05, 3.63) is 47.9 Å². The van der Waals surface area contributed by atoms with Crippen LogP contribution in [-0.4, -0.2) is 37.4 Å². The Bertz CT molecular complexity index is 1290. The van der Waals surface area contributed by atoms with Crippen molar-refractivity contribution in [3.8, 4) is 17.5 Å². The topological polar surface area (TPSA) is 87.8 Å². The highest BCUT2D eigenvalue weighted by Crippen LogP contribution is 2.40. The zero-order valence-corrected chi connectivity index (χ0v) is 18.6. The molecule has 0 aliphatic heterocycles. The molecule has 0 atom stereocenters. The van der Waals surface area contributed by atoms with Gasteiger partial charge in [-0.15, -0.1) is 0 Å². The summed E-state index contributed by atoms with van der Waals surface area (Å²) in [6.45, 7) is -2.35. The van der Waals surface area contributed by atoms with Gasteiger partial charge in [0, 0.05) is 17.6 Å². The summed E-state index contributed by atoms with van der Waals surface area (Å²) >= 11 is 0. The Morgan fingerprint density at radius 3 is 2.48 bits per heavy atom. The highest BCUT2D eigenvalue weighted by molar-refractivity contribution is 7.89. The van der Waals surface area contributed by atoms with Crippen molar-refractivity contribution in [1.29, 1.82) is 5.26 Å². The van der Waals surface area contributed by atoms with E-state index in [-0.39, 0.29) is 16.5 Å². The van der Waals surface area contributed by atoms with E-state index < -0.39 is 35.2 Å². The lowest BCUT2D eigenvalue weighted by Crippen LogP contribution is -2.37. The molecule has 3 aromatic rings. The van der Waals surface area contributed by atoms with Gasteiger partial charge in [0.2, 0.25) is 10.0 Å². The highest BCUT2D eigenvalue weighted by Gasteiger charge is 2.27. The molecule has 0 unspecified atom stereocenters. The SMILES string of the molecule is N#Cc1c(-c2ccc(S(=O)(=O)NC(CF)CF)cn2)n(C2CCCCC2)c2ccc(F)cc12. The van der Waals surface area contributed by atoms with E-state index in [0.717, 1.165) is 43.8 Å². The number of benzene rings is 1. The minimum atomic E-state index is -4.17. The minimum absolute atomic E-state index is 0.102. The van der Waals surface area contributed by atoms with Gasteiger partial charge in [0.1, 0.15) is 30.1 Å². The third kappa shape index (κ3) is 4.48. The summed E-state index contributed by atoms with van der Waals surface area (Å²) in [6.07, 6.45) is 6.10. The molecule has 0 amide bonds. The lowest BCUT2D eigenvalue weighted by atomic mass is 9.95. The fourth-order valence-corrected chi connectivity index (χ4v) is 5.58. The number of nitriles is 1. The monoisotopic (exact) mass is 476 g/mol. The quantitative estimate of drug-likeness (QED) is 0.530. The number of halogens is 3. The van der Waals surface area contributed by atoms with Crippen LogP contribution in [0.25, 0.3) is 22.3 Å². The molecule has 33 heavy (non-hydrogen) atoms. The van der Waals surface area contributed by atoms with Crippen LogP contribution in [0.2, 0.25) is 0 Å². The van der Waals surface area contributed by atoms with Gasteiger partial charge in [-0.2, -0.15) is 5.26 Å². The first-order chi connectivity index (χ1) is 15.9. The molecule has 1 aromatic carbocycles. The molecule has 0 saturated heterocycles. The zero-order chi connectivity index (χ0) is 23.6. The number of hydrogen-bond acceptors (Lipinski definition) is 4. The smallest absolute Gasteiger partial charge is 0.242 e. The standard InChI is InChI=1S/C23H23F3N4O2S/c24-11-16(12-25)29-33(31,32)18-7-8-21(28-14-18)23-20(13-27)19-10-15(26)6-9-22(19)30(23)17-4-2-1-3-5-17/h6-10,14,16-17,29H,1-5,11-12H2. The number of aromatic nitrogens is 2. The number of nitrogens with zero attached hydrogens (tertiary/aromatic N) is 3. The summed E-state index contributed by atoms with van der Waals surface area (Å²) in [4.78, 5) is 4.04. The van der Waals surface area contributed by atoms with Gasteiger partial charge in [-0.3, -0.25) is 4.98 Å². The Hall–Kier alpha value is -2.90. The van der Waals surface area contributed by atoms with Crippen LogP contribution >= 0.6 is 0 Å². The van der Waals surface area contributed by atoms with Crippen molar-refractivity contribution in [2.45, 2.75) is 49.1 Å². The normalized spacial score (nSPS) is 15.2. The van der Waals surface area contributed by atoms with Crippen LogP contribution in [0.3, 0.4) is 0 Å². The average molecular weight is 477 g/mol. The molecule has 10 heteroatoms. The van der Waals surface area contributed by atoms with E-state index in [4.69, 9.17) is 0 Å². The Balaban J connectivity index is 1.83. The fraction of sp³-hybridized carbons (Fsp3) is 0.391. The van der Waals surface area contributed by atoms with Crippen LogP contribution in [-0.2, 0) is 10.0 Å². The number of pyridine rings is 1. The fourth-order valence-electron chi connectivity index (χ4n) is 4.44. The Morgan fingerprint density at radius 2 is 1.88 bits per heavy atom. The average Bonchev–Trinajstić information content (AvgIpc) is 3.16. The molecule has 0 spiro atoms. The maximum Gasteiger partial charge on any atom is 0.242 e. The van der Waals surface area contributed by atoms with Crippen LogP contribution in [0.5, 0.6) is 0 Å². The summed E-state index contributed by atoms with van der Waals surface area (Å²) in [5, 5.41) is 10.4. The number of alkyl halides is 2. The second-order valence-corrected chi connectivity index (χ2v) is 9.88. The third-order valence-electron chi connectivity index (χ3n) is 6.00.